The van der Waals surface area contributed by atoms with Crippen molar-refractivity contribution in [1.29, 1.82) is 0 Å². The summed E-state index contributed by atoms with van der Waals surface area (Å²) in [5, 5.41) is 3.11. The van der Waals surface area contributed by atoms with Crippen LogP contribution in [-0.2, 0) is 11.3 Å². The molecule has 140 valence electrons. The summed E-state index contributed by atoms with van der Waals surface area (Å²) in [7, 11) is 0. The highest BCUT2D eigenvalue weighted by atomic mass is 16.2. The minimum atomic E-state index is -0.00949. The Morgan fingerprint density at radius 2 is 2.15 bits per heavy atom. The molecule has 1 aromatic heterocycles. The van der Waals surface area contributed by atoms with Gasteiger partial charge in [0.05, 0.1) is 6.20 Å². The lowest BCUT2D eigenvalue weighted by molar-refractivity contribution is -0.122. The van der Waals surface area contributed by atoms with Gasteiger partial charge in [-0.1, -0.05) is 18.2 Å². The summed E-state index contributed by atoms with van der Waals surface area (Å²) < 4.78 is 0. The molecular weight excluding hydrogens is 342 g/mol. The predicted molar refractivity (Wildman–Crippen MR) is 101 cm³/mol. The number of piperidine rings is 1. The zero-order valence-electron chi connectivity index (χ0n) is 15.2. The van der Waals surface area contributed by atoms with E-state index in [1.807, 2.05) is 24.3 Å². The van der Waals surface area contributed by atoms with E-state index in [4.69, 9.17) is 0 Å². The number of amides is 2. The quantitative estimate of drug-likeness (QED) is 0.871. The van der Waals surface area contributed by atoms with Gasteiger partial charge in [-0.25, -0.2) is 4.98 Å². The minimum Gasteiger partial charge on any atom is -0.353 e. The predicted octanol–water partition coefficient (Wildman–Crippen LogP) is 1.61. The zero-order chi connectivity index (χ0) is 18.6. The van der Waals surface area contributed by atoms with E-state index in [-0.39, 0.29) is 17.9 Å². The highest BCUT2D eigenvalue weighted by Gasteiger charge is 2.27. The third-order valence-electron chi connectivity index (χ3n) is 5.17. The van der Waals surface area contributed by atoms with Gasteiger partial charge >= 0.3 is 0 Å². The third-order valence-corrected chi connectivity index (χ3v) is 5.17. The van der Waals surface area contributed by atoms with Gasteiger partial charge in [-0.3, -0.25) is 14.6 Å². The van der Waals surface area contributed by atoms with Gasteiger partial charge in [0.1, 0.15) is 5.82 Å². The van der Waals surface area contributed by atoms with E-state index in [9.17, 15) is 9.59 Å². The molecule has 1 fully saturated rings. The van der Waals surface area contributed by atoms with Crippen molar-refractivity contribution in [3.05, 3.63) is 54.0 Å². The number of fused-ring (bicyclic) bond motifs is 1. The van der Waals surface area contributed by atoms with E-state index in [0.717, 1.165) is 42.9 Å². The topological polar surface area (TPSA) is 78.4 Å². The molecule has 2 aliphatic rings. The summed E-state index contributed by atoms with van der Waals surface area (Å²) >= 11 is 0. The van der Waals surface area contributed by atoms with Crippen LogP contribution in [0.25, 0.3) is 0 Å². The monoisotopic (exact) mass is 365 g/mol. The van der Waals surface area contributed by atoms with Crippen LogP contribution in [0.1, 0.15) is 35.2 Å². The zero-order valence-corrected chi connectivity index (χ0v) is 15.2. The first-order valence-electron chi connectivity index (χ1n) is 9.38. The molecule has 1 saturated heterocycles. The van der Waals surface area contributed by atoms with Gasteiger partial charge < -0.3 is 15.1 Å². The maximum atomic E-state index is 12.4. The molecule has 0 spiro atoms. The number of carbonyl (C=O) groups excluding carboxylic acids is 2. The lowest BCUT2D eigenvalue weighted by Crippen LogP contribution is -2.48. The highest BCUT2D eigenvalue weighted by Crippen LogP contribution is 2.22. The standard InChI is InChI=1S/C20H23N5O2/c26-19(7-11-25-13-15-4-1-2-6-17(15)20(25)27)23-16-5-3-10-24(14-16)18-12-21-8-9-22-18/h1-2,4,6,8-9,12,16H,3,5,7,10-11,13-14H2,(H,23,26). The fraction of sp³-hybridized carbons (Fsp3) is 0.400. The Bertz CT molecular complexity index is 826. The molecule has 2 aliphatic heterocycles. The molecular formula is C20H23N5O2. The molecule has 2 amide bonds. The number of hydrogen-bond donors (Lipinski definition) is 1. The fourth-order valence-electron chi connectivity index (χ4n) is 3.79. The second-order valence-corrected chi connectivity index (χ2v) is 7.05. The SMILES string of the molecule is O=C(CCN1Cc2ccccc2C1=O)NC1CCCN(c2cnccn2)C1. The van der Waals surface area contributed by atoms with Crippen LogP contribution in [0.15, 0.2) is 42.9 Å². The van der Waals surface area contributed by atoms with Crippen LogP contribution in [0.4, 0.5) is 5.82 Å². The van der Waals surface area contributed by atoms with Crippen molar-refractivity contribution in [2.24, 2.45) is 0 Å². The van der Waals surface area contributed by atoms with Crippen molar-refractivity contribution in [2.75, 3.05) is 24.5 Å². The Hall–Kier alpha value is -2.96. The molecule has 0 bridgehead atoms. The van der Waals surface area contributed by atoms with E-state index in [0.29, 0.717) is 19.5 Å². The lowest BCUT2D eigenvalue weighted by Gasteiger charge is -2.33. The first-order chi connectivity index (χ1) is 13.2. The van der Waals surface area contributed by atoms with E-state index in [2.05, 4.69) is 20.2 Å². The van der Waals surface area contributed by atoms with Crippen LogP contribution in [0.2, 0.25) is 0 Å². The molecule has 1 aromatic carbocycles. The van der Waals surface area contributed by atoms with E-state index >= 15 is 0 Å². The molecule has 3 heterocycles. The third kappa shape index (κ3) is 3.92. The molecule has 4 rings (SSSR count). The summed E-state index contributed by atoms with van der Waals surface area (Å²) in [5.74, 6) is 0.853. The molecule has 2 aromatic rings. The first-order valence-corrected chi connectivity index (χ1v) is 9.38. The molecule has 0 saturated carbocycles. The van der Waals surface area contributed by atoms with Gasteiger partial charge in [-0.2, -0.15) is 0 Å². The largest absolute Gasteiger partial charge is 0.353 e. The Balaban J connectivity index is 1.27. The highest BCUT2D eigenvalue weighted by molar-refractivity contribution is 5.98. The minimum absolute atomic E-state index is 0.00949. The van der Waals surface area contributed by atoms with Crippen molar-refractivity contribution in [1.82, 2.24) is 20.2 Å². The van der Waals surface area contributed by atoms with Gasteiger partial charge in [0.2, 0.25) is 5.91 Å². The molecule has 0 radical (unpaired) electrons. The second kappa shape index (κ2) is 7.73. The summed E-state index contributed by atoms with van der Waals surface area (Å²) in [6, 6.07) is 7.73. The van der Waals surface area contributed by atoms with Crippen LogP contribution in [-0.4, -0.2) is 52.4 Å². The molecule has 1 N–H and O–H groups in total. The smallest absolute Gasteiger partial charge is 0.254 e. The number of anilines is 1. The number of benzene rings is 1. The second-order valence-electron chi connectivity index (χ2n) is 7.05. The summed E-state index contributed by atoms with van der Waals surface area (Å²) in [6.45, 7) is 2.69. The maximum absolute atomic E-state index is 12.4. The van der Waals surface area contributed by atoms with Gasteiger partial charge in [-0.05, 0) is 24.5 Å². The molecule has 27 heavy (non-hydrogen) atoms. The van der Waals surface area contributed by atoms with E-state index < -0.39 is 0 Å². The summed E-state index contributed by atoms with van der Waals surface area (Å²) in [6.07, 6.45) is 7.37. The Labute approximate surface area is 158 Å². The summed E-state index contributed by atoms with van der Waals surface area (Å²) in [4.78, 5) is 37.1. The number of rotatable bonds is 5. The average Bonchev–Trinajstić information content (AvgIpc) is 3.03. The number of nitrogens with zero attached hydrogens (tertiary/aromatic N) is 4. The number of aromatic nitrogens is 2. The molecule has 7 nitrogen and oxygen atoms in total. The van der Waals surface area contributed by atoms with Crippen molar-refractivity contribution in [3.63, 3.8) is 0 Å². The molecule has 1 atom stereocenters. The Kier molecular flexibility index (Phi) is 5.00. The number of carbonyl (C=O) groups is 2. The van der Waals surface area contributed by atoms with Crippen molar-refractivity contribution in [3.8, 4) is 0 Å². The van der Waals surface area contributed by atoms with Crippen molar-refractivity contribution in [2.45, 2.75) is 31.8 Å². The summed E-state index contributed by atoms with van der Waals surface area (Å²) in [5.41, 5.74) is 1.79. The van der Waals surface area contributed by atoms with Crippen LogP contribution < -0.4 is 10.2 Å². The van der Waals surface area contributed by atoms with Crippen molar-refractivity contribution < 1.29 is 9.59 Å². The lowest BCUT2D eigenvalue weighted by atomic mass is 10.1. The normalized spacial score (nSPS) is 19.1. The van der Waals surface area contributed by atoms with Crippen molar-refractivity contribution >= 4 is 17.6 Å². The van der Waals surface area contributed by atoms with Crippen LogP contribution in [0.5, 0.6) is 0 Å². The molecule has 1 unspecified atom stereocenters. The van der Waals surface area contributed by atoms with Gasteiger partial charge in [0.25, 0.3) is 5.91 Å². The number of hydrogen-bond acceptors (Lipinski definition) is 5. The first kappa shape index (κ1) is 17.5. The molecule has 0 aliphatic carbocycles. The van der Waals surface area contributed by atoms with Crippen LogP contribution in [0.3, 0.4) is 0 Å². The Morgan fingerprint density at radius 1 is 1.26 bits per heavy atom. The average molecular weight is 365 g/mol. The van der Waals surface area contributed by atoms with Crippen LogP contribution in [0, 0.1) is 0 Å². The molecule has 7 heteroatoms. The van der Waals surface area contributed by atoms with Gasteiger partial charge in [0.15, 0.2) is 0 Å². The van der Waals surface area contributed by atoms with E-state index in [1.165, 1.54) is 0 Å². The fourth-order valence-corrected chi connectivity index (χ4v) is 3.79. The van der Waals surface area contributed by atoms with Crippen LogP contribution >= 0.6 is 0 Å². The number of nitrogens with one attached hydrogen (secondary N) is 1. The Morgan fingerprint density at radius 3 is 2.96 bits per heavy atom. The maximum Gasteiger partial charge on any atom is 0.254 e. The van der Waals surface area contributed by atoms with E-state index in [1.54, 1.807) is 23.5 Å². The van der Waals surface area contributed by atoms with Gasteiger partial charge in [-0.15, -0.1) is 0 Å². The van der Waals surface area contributed by atoms with Gasteiger partial charge in [0, 0.05) is 56.6 Å².